The molecule has 1 saturated carbocycles. The maximum Gasteiger partial charge on any atom is 0.240 e. The van der Waals surface area contributed by atoms with E-state index in [9.17, 15) is 17.2 Å². The van der Waals surface area contributed by atoms with Gasteiger partial charge in [-0.2, -0.15) is 0 Å². The van der Waals surface area contributed by atoms with Crippen LogP contribution < -0.4 is 10.5 Å². The quantitative estimate of drug-likeness (QED) is 0.837. The summed E-state index contributed by atoms with van der Waals surface area (Å²) in [6.07, 6.45) is 5.68. The Morgan fingerprint density at radius 3 is 2.29 bits per heavy atom. The van der Waals surface area contributed by atoms with E-state index in [2.05, 4.69) is 4.72 Å². The first-order chi connectivity index (χ1) is 9.82. The van der Waals surface area contributed by atoms with Gasteiger partial charge in [-0.25, -0.2) is 21.9 Å². The van der Waals surface area contributed by atoms with Crippen LogP contribution in [0.5, 0.6) is 0 Å². The molecule has 0 aromatic heterocycles. The monoisotopic (exact) mass is 318 g/mol. The van der Waals surface area contributed by atoms with Gasteiger partial charge in [-0.3, -0.25) is 0 Å². The number of nitrogens with two attached hydrogens (primary N) is 1. The van der Waals surface area contributed by atoms with Gasteiger partial charge in [0, 0.05) is 12.1 Å². The number of halogens is 2. The molecule has 21 heavy (non-hydrogen) atoms. The molecule has 0 amide bonds. The van der Waals surface area contributed by atoms with Crippen LogP contribution >= 0.6 is 0 Å². The minimum absolute atomic E-state index is 0.105. The van der Waals surface area contributed by atoms with E-state index in [1.165, 1.54) is 0 Å². The summed E-state index contributed by atoms with van der Waals surface area (Å²) in [7, 11) is -3.89. The number of rotatable bonds is 4. The van der Waals surface area contributed by atoms with Gasteiger partial charge in [0.2, 0.25) is 10.0 Å². The van der Waals surface area contributed by atoms with Crippen molar-refractivity contribution < 1.29 is 17.2 Å². The lowest BCUT2D eigenvalue weighted by Gasteiger charge is -2.28. The highest BCUT2D eigenvalue weighted by molar-refractivity contribution is 7.89. The molecule has 0 aliphatic heterocycles. The van der Waals surface area contributed by atoms with Gasteiger partial charge in [0.15, 0.2) is 11.6 Å². The molecular weight excluding hydrogens is 298 g/mol. The van der Waals surface area contributed by atoms with Crippen molar-refractivity contribution in [1.29, 1.82) is 0 Å². The van der Waals surface area contributed by atoms with Gasteiger partial charge in [0.05, 0.1) is 4.90 Å². The van der Waals surface area contributed by atoms with Crippen LogP contribution in [0.25, 0.3) is 0 Å². The van der Waals surface area contributed by atoms with Crippen LogP contribution in [0.15, 0.2) is 23.1 Å². The van der Waals surface area contributed by atoms with Crippen molar-refractivity contribution in [3.8, 4) is 0 Å². The largest absolute Gasteiger partial charge is 0.324 e. The van der Waals surface area contributed by atoms with Crippen molar-refractivity contribution in [2.24, 2.45) is 5.73 Å². The van der Waals surface area contributed by atoms with Gasteiger partial charge in [0.25, 0.3) is 0 Å². The molecule has 1 aliphatic carbocycles. The van der Waals surface area contributed by atoms with Crippen LogP contribution in [0.1, 0.15) is 38.5 Å². The normalized spacial score (nSPS) is 19.2. The van der Waals surface area contributed by atoms with E-state index in [4.69, 9.17) is 5.73 Å². The first-order valence-corrected chi connectivity index (χ1v) is 8.54. The number of nitrogens with one attached hydrogen (secondary N) is 1. The fourth-order valence-corrected chi connectivity index (χ4v) is 3.73. The van der Waals surface area contributed by atoms with Gasteiger partial charge < -0.3 is 5.73 Å². The summed E-state index contributed by atoms with van der Waals surface area (Å²) < 4.78 is 52.6. The second-order valence-corrected chi connectivity index (χ2v) is 7.44. The third-order valence-electron chi connectivity index (χ3n) is 3.91. The van der Waals surface area contributed by atoms with Crippen LogP contribution in [0.2, 0.25) is 0 Å². The smallest absolute Gasteiger partial charge is 0.240 e. The van der Waals surface area contributed by atoms with E-state index in [1.807, 2.05) is 0 Å². The summed E-state index contributed by atoms with van der Waals surface area (Å²) in [4.78, 5) is -0.293. The maximum atomic E-state index is 13.1. The Hall–Kier alpha value is -1.05. The molecule has 1 aromatic carbocycles. The molecule has 0 atom stereocenters. The summed E-state index contributed by atoms with van der Waals surface area (Å²) >= 11 is 0. The van der Waals surface area contributed by atoms with E-state index in [1.54, 1.807) is 0 Å². The third kappa shape index (κ3) is 4.21. The van der Waals surface area contributed by atoms with E-state index in [0.717, 1.165) is 50.7 Å². The predicted octanol–water partition coefficient (Wildman–Crippen LogP) is 2.29. The molecule has 0 spiro atoms. The molecule has 1 fully saturated rings. The number of hydrogen-bond acceptors (Lipinski definition) is 3. The minimum Gasteiger partial charge on any atom is -0.324 e. The van der Waals surface area contributed by atoms with Crippen LogP contribution in [-0.2, 0) is 10.0 Å². The maximum absolute atomic E-state index is 13.1. The zero-order valence-corrected chi connectivity index (χ0v) is 12.6. The third-order valence-corrected chi connectivity index (χ3v) is 5.31. The number of sulfonamides is 1. The summed E-state index contributed by atoms with van der Waals surface area (Å²) in [6, 6.07) is 2.51. The highest BCUT2D eigenvalue weighted by atomic mass is 32.2. The van der Waals surface area contributed by atoms with E-state index >= 15 is 0 Å². The van der Waals surface area contributed by atoms with Crippen molar-refractivity contribution in [2.75, 3.05) is 6.54 Å². The molecule has 7 heteroatoms. The predicted molar refractivity (Wildman–Crippen MR) is 76.2 cm³/mol. The lowest BCUT2D eigenvalue weighted by molar-refractivity contribution is 0.369. The molecule has 3 N–H and O–H groups in total. The van der Waals surface area contributed by atoms with E-state index in [-0.39, 0.29) is 11.4 Å². The highest BCUT2D eigenvalue weighted by Gasteiger charge is 2.28. The fourth-order valence-electron chi connectivity index (χ4n) is 2.58. The summed E-state index contributed by atoms with van der Waals surface area (Å²) in [5.74, 6) is -2.26. The van der Waals surface area contributed by atoms with Crippen LogP contribution in [0, 0.1) is 11.6 Å². The van der Waals surface area contributed by atoms with E-state index in [0.29, 0.717) is 6.07 Å². The summed E-state index contributed by atoms with van der Waals surface area (Å²) in [5.41, 5.74) is 5.67. The summed E-state index contributed by atoms with van der Waals surface area (Å²) in [5, 5.41) is 0. The van der Waals surface area contributed by atoms with Crippen LogP contribution in [0.4, 0.5) is 8.78 Å². The molecule has 118 valence electrons. The second kappa shape index (κ2) is 6.37. The molecule has 0 bridgehead atoms. The van der Waals surface area contributed by atoms with Gasteiger partial charge >= 0.3 is 0 Å². The Morgan fingerprint density at radius 1 is 1.10 bits per heavy atom. The molecule has 2 rings (SSSR count). The molecule has 0 heterocycles. The van der Waals surface area contributed by atoms with Crippen molar-refractivity contribution in [1.82, 2.24) is 4.72 Å². The van der Waals surface area contributed by atoms with Crippen LogP contribution in [0.3, 0.4) is 0 Å². The SMILES string of the molecule is NC1(CNS(=O)(=O)c2ccc(F)c(F)c2)CCCCCC1. The average Bonchev–Trinajstić information content (AvgIpc) is 2.65. The molecule has 0 radical (unpaired) electrons. The van der Waals surface area contributed by atoms with Gasteiger partial charge in [-0.05, 0) is 31.0 Å². The first kappa shape index (κ1) is 16.3. The lowest BCUT2D eigenvalue weighted by atomic mass is 9.92. The standard InChI is InChI=1S/C14H20F2N2O2S/c15-12-6-5-11(9-13(12)16)21(19,20)18-10-14(17)7-3-1-2-4-8-14/h5-6,9,18H,1-4,7-8,10,17H2. The highest BCUT2D eigenvalue weighted by Crippen LogP contribution is 2.25. The van der Waals surface area contributed by atoms with Gasteiger partial charge in [-0.15, -0.1) is 0 Å². The van der Waals surface area contributed by atoms with Crippen LogP contribution in [-0.4, -0.2) is 20.5 Å². The Balaban J connectivity index is 2.08. The lowest BCUT2D eigenvalue weighted by Crippen LogP contribution is -2.49. The minimum atomic E-state index is -3.89. The molecule has 0 saturated heterocycles. The van der Waals surface area contributed by atoms with Crippen molar-refractivity contribution >= 4 is 10.0 Å². The topological polar surface area (TPSA) is 72.2 Å². The van der Waals surface area contributed by atoms with E-state index < -0.39 is 27.2 Å². The Kier molecular flexibility index (Phi) is 4.95. The molecule has 1 aliphatic rings. The Labute approximate surface area is 123 Å². The van der Waals surface area contributed by atoms with Crippen molar-refractivity contribution in [2.45, 2.75) is 49.0 Å². The molecular formula is C14H20F2N2O2S. The van der Waals surface area contributed by atoms with Crippen molar-refractivity contribution in [3.63, 3.8) is 0 Å². The van der Waals surface area contributed by atoms with Gasteiger partial charge in [-0.1, -0.05) is 25.7 Å². The average molecular weight is 318 g/mol. The number of benzene rings is 1. The molecule has 1 aromatic rings. The molecule has 0 unspecified atom stereocenters. The zero-order valence-electron chi connectivity index (χ0n) is 11.7. The second-order valence-electron chi connectivity index (χ2n) is 5.68. The zero-order chi connectivity index (χ0) is 15.5. The van der Waals surface area contributed by atoms with Crippen molar-refractivity contribution in [3.05, 3.63) is 29.8 Å². The fraction of sp³-hybridized carbons (Fsp3) is 0.571. The Bertz CT molecular complexity index is 597. The number of hydrogen-bond donors (Lipinski definition) is 2. The first-order valence-electron chi connectivity index (χ1n) is 7.06. The Morgan fingerprint density at radius 2 is 1.71 bits per heavy atom. The van der Waals surface area contributed by atoms with Gasteiger partial charge in [0.1, 0.15) is 0 Å². The molecule has 4 nitrogen and oxygen atoms in total. The summed E-state index contributed by atoms with van der Waals surface area (Å²) in [6.45, 7) is 0.105.